The van der Waals surface area contributed by atoms with E-state index in [4.69, 9.17) is 15.7 Å². The summed E-state index contributed by atoms with van der Waals surface area (Å²) in [5, 5.41) is 11.0. The van der Waals surface area contributed by atoms with Gasteiger partial charge in [0.2, 0.25) is 0 Å². The number of rotatable bonds is 2. The molecule has 1 spiro atoms. The topological polar surface area (TPSA) is 118 Å². The van der Waals surface area contributed by atoms with Gasteiger partial charge in [-0.15, -0.1) is 11.3 Å². The molecule has 2 N–H and O–H groups in total. The average molecular weight is 388 g/mol. The molecule has 0 radical (unpaired) electrons. The van der Waals surface area contributed by atoms with Gasteiger partial charge in [-0.25, -0.2) is 13.4 Å². The first-order valence-electron chi connectivity index (χ1n) is 7.92. The van der Waals surface area contributed by atoms with Crippen molar-refractivity contribution in [1.29, 1.82) is 5.26 Å². The minimum Gasteiger partial charge on any atom is -0.457 e. The van der Waals surface area contributed by atoms with Crippen molar-refractivity contribution in [2.45, 2.75) is 24.5 Å². The number of hydrogen-bond donors (Lipinski definition) is 1. The fraction of sp³-hybridized carbons (Fsp3) is 0.353. The molecule has 0 amide bonds. The second-order valence-corrected chi connectivity index (χ2v) is 9.97. The Bertz CT molecular complexity index is 1060. The van der Waals surface area contributed by atoms with Gasteiger partial charge in [0, 0.05) is 29.3 Å². The lowest BCUT2D eigenvalue weighted by molar-refractivity contribution is 0.0326. The number of pyridine rings is 1. The van der Waals surface area contributed by atoms with Gasteiger partial charge in [0.15, 0.2) is 9.84 Å². The Morgan fingerprint density at radius 3 is 2.77 bits per heavy atom. The number of hydrogen-bond acceptors (Lipinski definition) is 8. The SMILES string of the molecule is CC1(c2cc(-c3cncc(C#N)c3)cs2)CC2(CS(=O)(=O)C2)OC(N)=N1. The van der Waals surface area contributed by atoms with Crippen molar-refractivity contribution < 1.29 is 13.2 Å². The molecule has 0 bridgehead atoms. The van der Waals surface area contributed by atoms with Crippen LogP contribution in [0.1, 0.15) is 23.8 Å². The number of ether oxygens (including phenoxy) is 1. The Morgan fingerprint density at radius 1 is 1.31 bits per heavy atom. The number of aliphatic imine (C=N–C) groups is 1. The van der Waals surface area contributed by atoms with Gasteiger partial charge in [0.25, 0.3) is 6.02 Å². The highest BCUT2D eigenvalue weighted by Gasteiger charge is 2.57. The lowest BCUT2D eigenvalue weighted by Crippen LogP contribution is -2.62. The molecule has 134 valence electrons. The zero-order valence-electron chi connectivity index (χ0n) is 14.0. The molecule has 9 heteroatoms. The summed E-state index contributed by atoms with van der Waals surface area (Å²) in [5.74, 6) is -0.0592. The van der Waals surface area contributed by atoms with Crippen LogP contribution in [0.3, 0.4) is 0 Å². The van der Waals surface area contributed by atoms with E-state index in [1.54, 1.807) is 12.3 Å². The Balaban J connectivity index is 1.68. The first kappa shape index (κ1) is 17.0. The Labute approximate surface area is 155 Å². The Kier molecular flexibility index (Phi) is 3.61. The summed E-state index contributed by atoms with van der Waals surface area (Å²) in [6.45, 7) is 1.94. The molecule has 0 aromatic carbocycles. The zero-order valence-corrected chi connectivity index (χ0v) is 15.6. The summed E-state index contributed by atoms with van der Waals surface area (Å²) >= 11 is 1.52. The highest BCUT2D eigenvalue weighted by molar-refractivity contribution is 7.93. The van der Waals surface area contributed by atoms with Crippen LogP contribution in [0.25, 0.3) is 11.1 Å². The minimum atomic E-state index is -3.06. The molecule has 1 saturated heterocycles. The van der Waals surface area contributed by atoms with E-state index in [-0.39, 0.29) is 17.5 Å². The smallest absolute Gasteiger partial charge is 0.283 e. The van der Waals surface area contributed by atoms with Gasteiger partial charge >= 0.3 is 0 Å². The molecule has 1 atom stereocenters. The summed E-state index contributed by atoms with van der Waals surface area (Å²) in [6, 6.07) is 5.88. The number of sulfone groups is 1. The highest BCUT2D eigenvalue weighted by Crippen LogP contribution is 2.46. The molecule has 0 aliphatic carbocycles. The molecule has 7 nitrogen and oxygen atoms in total. The monoisotopic (exact) mass is 388 g/mol. The number of nitrogens with zero attached hydrogens (tertiary/aromatic N) is 3. The minimum absolute atomic E-state index is 0.0248. The zero-order chi connectivity index (χ0) is 18.6. The van der Waals surface area contributed by atoms with Crippen molar-refractivity contribution in [2.24, 2.45) is 10.7 Å². The molecule has 2 aliphatic rings. The van der Waals surface area contributed by atoms with E-state index in [0.29, 0.717) is 12.0 Å². The van der Waals surface area contributed by atoms with Crippen LogP contribution in [-0.4, -0.2) is 36.5 Å². The van der Waals surface area contributed by atoms with Gasteiger partial charge < -0.3 is 10.5 Å². The van der Waals surface area contributed by atoms with Gasteiger partial charge in [-0.3, -0.25) is 4.98 Å². The lowest BCUT2D eigenvalue weighted by Gasteiger charge is -2.47. The van der Waals surface area contributed by atoms with Crippen molar-refractivity contribution in [2.75, 3.05) is 11.5 Å². The first-order valence-corrected chi connectivity index (χ1v) is 10.6. The summed E-state index contributed by atoms with van der Waals surface area (Å²) in [4.78, 5) is 9.53. The van der Waals surface area contributed by atoms with Crippen LogP contribution in [0.2, 0.25) is 0 Å². The van der Waals surface area contributed by atoms with Crippen LogP contribution in [-0.2, 0) is 20.1 Å². The fourth-order valence-corrected chi connectivity index (χ4v) is 6.55. The van der Waals surface area contributed by atoms with Crippen molar-refractivity contribution in [3.8, 4) is 17.2 Å². The van der Waals surface area contributed by atoms with Crippen molar-refractivity contribution >= 4 is 27.2 Å². The van der Waals surface area contributed by atoms with Gasteiger partial charge in [-0.1, -0.05) is 0 Å². The maximum absolute atomic E-state index is 11.7. The normalized spacial score (nSPS) is 25.6. The molecule has 2 aliphatic heterocycles. The predicted octanol–water partition coefficient (Wildman–Crippen LogP) is 1.80. The third kappa shape index (κ3) is 2.85. The van der Waals surface area contributed by atoms with E-state index in [1.165, 1.54) is 17.5 Å². The van der Waals surface area contributed by atoms with Crippen LogP contribution in [0.15, 0.2) is 34.9 Å². The molecule has 26 heavy (non-hydrogen) atoms. The van der Waals surface area contributed by atoms with Crippen LogP contribution < -0.4 is 5.73 Å². The van der Waals surface area contributed by atoms with Crippen molar-refractivity contribution in [3.63, 3.8) is 0 Å². The molecule has 2 aromatic heterocycles. The summed E-state index contributed by atoms with van der Waals surface area (Å²) in [5.41, 5.74) is 6.71. The Morgan fingerprint density at radius 2 is 2.08 bits per heavy atom. The maximum atomic E-state index is 11.7. The number of nitrogens with two attached hydrogens (primary N) is 1. The van der Waals surface area contributed by atoms with Gasteiger partial charge in [-0.2, -0.15) is 5.26 Å². The summed E-state index contributed by atoms with van der Waals surface area (Å²) in [7, 11) is -3.06. The van der Waals surface area contributed by atoms with Gasteiger partial charge in [0.1, 0.15) is 17.2 Å². The first-order chi connectivity index (χ1) is 12.2. The van der Waals surface area contributed by atoms with Gasteiger partial charge in [0.05, 0.1) is 17.1 Å². The second-order valence-electron chi connectivity index (χ2n) is 6.99. The van der Waals surface area contributed by atoms with E-state index in [2.05, 4.69) is 16.0 Å². The highest BCUT2D eigenvalue weighted by atomic mass is 32.2. The van der Waals surface area contributed by atoms with E-state index < -0.39 is 21.0 Å². The van der Waals surface area contributed by atoms with Crippen molar-refractivity contribution in [3.05, 3.63) is 40.3 Å². The summed E-state index contributed by atoms with van der Waals surface area (Å²) < 4.78 is 28.9. The van der Waals surface area contributed by atoms with E-state index >= 15 is 0 Å². The molecule has 0 saturated carbocycles. The number of thiophene rings is 1. The molecule has 1 unspecified atom stereocenters. The Hall–Kier alpha value is -2.44. The maximum Gasteiger partial charge on any atom is 0.283 e. The van der Waals surface area contributed by atoms with Crippen LogP contribution >= 0.6 is 11.3 Å². The number of amidine groups is 1. The molecular weight excluding hydrogens is 372 g/mol. The van der Waals surface area contributed by atoms with Crippen LogP contribution in [0.5, 0.6) is 0 Å². The molecule has 4 rings (SSSR count). The quantitative estimate of drug-likeness (QED) is 0.838. The van der Waals surface area contributed by atoms with Gasteiger partial charge in [-0.05, 0) is 30.0 Å². The largest absolute Gasteiger partial charge is 0.457 e. The molecular formula is C17H16N4O3S2. The van der Waals surface area contributed by atoms with Crippen molar-refractivity contribution in [1.82, 2.24) is 4.98 Å². The van der Waals surface area contributed by atoms with E-state index in [9.17, 15) is 8.42 Å². The van der Waals surface area contributed by atoms with E-state index in [0.717, 1.165) is 16.0 Å². The predicted molar refractivity (Wildman–Crippen MR) is 98.3 cm³/mol. The fourth-order valence-electron chi connectivity index (χ4n) is 3.68. The molecule has 4 heterocycles. The van der Waals surface area contributed by atoms with Crippen LogP contribution in [0, 0.1) is 11.3 Å². The standard InChI is InChI=1S/C17H16N4O3S2/c1-16(8-17(24-15(19)21-16)9-26(22,23)10-17)14-3-13(7-25-14)12-2-11(4-18)5-20-6-12/h2-3,5-7H,8-10H2,1H3,(H2,19,21). The third-order valence-electron chi connectivity index (χ3n) is 4.64. The lowest BCUT2D eigenvalue weighted by atomic mass is 9.85. The summed E-state index contributed by atoms with van der Waals surface area (Å²) in [6.07, 6.45) is 3.68. The third-order valence-corrected chi connectivity index (χ3v) is 7.76. The van der Waals surface area contributed by atoms with Crippen LogP contribution in [0.4, 0.5) is 0 Å². The molecule has 2 aromatic rings. The average Bonchev–Trinajstić information content (AvgIpc) is 3.03. The second kappa shape index (κ2) is 5.53. The molecule has 1 fully saturated rings. The number of nitriles is 1. The van der Waals surface area contributed by atoms with E-state index in [1.807, 2.05) is 18.4 Å². The number of aromatic nitrogens is 1.